The summed E-state index contributed by atoms with van der Waals surface area (Å²) >= 11 is 0. The molecule has 6 nitrogen and oxygen atoms in total. The second kappa shape index (κ2) is 7.21. The molecule has 128 valence electrons. The first kappa shape index (κ1) is 18.6. The van der Waals surface area contributed by atoms with Gasteiger partial charge in [0.2, 0.25) is 0 Å². The smallest absolute Gasteiger partial charge is 0.426 e. The normalized spacial score (nSPS) is 11.6. The Bertz CT molecular complexity index is 551. The van der Waals surface area contributed by atoms with E-state index in [1.54, 1.807) is 20.8 Å². The number of nitrogens with one attached hydrogen (secondary N) is 3. The van der Waals surface area contributed by atoms with Crippen LogP contribution >= 0.6 is 0 Å². The maximum atomic E-state index is 12.4. The van der Waals surface area contributed by atoms with Crippen LogP contribution in [-0.2, 0) is 17.5 Å². The van der Waals surface area contributed by atoms with Gasteiger partial charge in [0.25, 0.3) is 0 Å². The van der Waals surface area contributed by atoms with Crippen LogP contribution in [0.1, 0.15) is 31.9 Å². The predicted octanol–water partition coefficient (Wildman–Crippen LogP) is 2.94. The molecule has 0 aromatic heterocycles. The Morgan fingerprint density at radius 2 is 1.61 bits per heavy atom. The van der Waals surface area contributed by atoms with Crippen molar-refractivity contribution in [2.45, 2.75) is 39.1 Å². The number of rotatable bonds is 2. The standard InChI is InChI=1S/C14H18F3N3O3/c1-13(2,3)23-12(22)20-19-11(21)18-8-9-4-6-10(7-5-9)14(15,16)17/h4-7H,8H2,1-3H3,(H,20,22)(H2,18,19,21). The molecule has 3 N–H and O–H groups in total. The Hall–Kier alpha value is -2.45. The number of benzene rings is 1. The van der Waals surface area contributed by atoms with Gasteiger partial charge in [0, 0.05) is 6.54 Å². The van der Waals surface area contributed by atoms with Crippen molar-refractivity contribution in [3.8, 4) is 0 Å². The summed E-state index contributed by atoms with van der Waals surface area (Å²) < 4.78 is 42.1. The molecular formula is C14H18F3N3O3. The molecule has 0 aliphatic heterocycles. The third kappa shape index (κ3) is 7.39. The van der Waals surface area contributed by atoms with E-state index in [4.69, 9.17) is 4.74 Å². The molecule has 1 aromatic rings. The lowest BCUT2D eigenvalue weighted by molar-refractivity contribution is -0.137. The van der Waals surface area contributed by atoms with E-state index in [0.29, 0.717) is 5.56 Å². The molecule has 9 heteroatoms. The molecule has 0 saturated heterocycles. The molecule has 23 heavy (non-hydrogen) atoms. The van der Waals surface area contributed by atoms with Crippen LogP contribution in [0.25, 0.3) is 0 Å². The molecule has 0 radical (unpaired) electrons. The molecule has 1 rings (SSSR count). The van der Waals surface area contributed by atoms with Crippen molar-refractivity contribution in [1.82, 2.24) is 16.2 Å². The van der Waals surface area contributed by atoms with Gasteiger partial charge in [-0.3, -0.25) is 0 Å². The molecule has 0 heterocycles. The average Bonchev–Trinajstić information content (AvgIpc) is 2.40. The molecule has 0 unspecified atom stereocenters. The Balaban J connectivity index is 2.38. The zero-order valence-electron chi connectivity index (χ0n) is 12.9. The van der Waals surface area contributed by atoms with Crippen molar-refractivity contribution in [3.63, 3.8) is 0 Å². The number of hydrogen-bond donors (Lipinski definition) is 3. The van der Waals surface area contributed by atoms with Crippen molar-refractivity contribution in [1.29, 1.82) is 0 Å². The lowest BCUT2D eigenvalue weighted by atomic mass is 10.1. The molecule has 0 bridgehead atoms. The largest absolute Gasteiger partial charge is 0.443 e. The minimum atomic E-state index is -4.40. The van der Waals surface area contributed by atoms with Crippen molar-refractivity contribution in [3.05, 3.63) is 35.4 Å². The number of hydrogen-bond acceptors (Lipinski definition) is 3. The highest BCUT2D eigenvalue weighted by molar-refractivity contribution is 5.77. The zero-order chi connectivity index (χ0) is 17.7. The summed E-state index contributed by atoms with van der Waals surface area (Å²) in [6.07, 6.45) is -5.23. The first-order valence-corrected chi connectivity index (χ1v) is 6.66. The van der Waals surface area contributed by atoms with E-state index >= 15 is 0 Å². The average molecular weight is 333 g/mol. The molecule has 0 aliphatic carbocycles. The summed E-state index contributed by atoms with van der Waals surface area (Å²) in [7, 11) is 0. The quantitative estimate of drug-likeness (QED) is 0.728. The van der Waals surface area contributed by atoms with E-state index in [2.05, 4.69) is 10.7 Å². The summed E-state index contributed by atoms with van der Waals surface area (Å²) in [4.78, 5) is 22.7. The number of carbonyl (C=O) groups excluding carboxylic acids is 2. The van der Waals surface area contributed by atoms with E-state index in [-0.39, 0.29) is 6.54 Å². The van der Waals surface area contributed by atoms with E-state index in [9.17, 15) is 22.8 Å². The molecule has 0 saturated carbocycles. The number of alkyl halides is 3. The van der Waals surface area contributed by atoms with Crippen LogP contribution in [-0.4, -0.2) is 17.7 Å². The van der Waals surface area contributed by atoms with Crippen LogP contribution in [0.2, 0.25) is 0 Å². The molecule has 0 aliphatic rings. The summed E-state index contributed by atoms with van der Waals surface area (Å²) in [5.41, 5.74) is 3.09. The van der Waals surface area contributed by atoms with E-state index in [1.165, 1.54) is 12.1 Å². The van der Waals surface area contributed by atoms with Crippen LogP contribution in [0.3, 0.4) is 0 Å². The molecule has 1 aromatic carbocycles. The SMILES string of the molecule is CC(C)(C)OC(=O)NNC(=O)NCc1ccc(C(F)(F)F)cc1. The number of ether oxygens (including phenoxy) is 1. The monoisotopic (exact) mass is 333 g/mol. The third-order valence-electron chi connectivity index (χ3n) is 2.41. The molecule has 0 spiro atoms. The van der Waals surface area contributed by atoms with Crippen molar-refractivity contribution in [2.75, 3.05) is 0 Å². The second-order valence-electron chi connectivity index (χ2n) is 5.63. The van der Waals surface area contributed by atoms with E-state index in [1.807, 2.05) is 5.43 Å². The van der Waals surface area contributed by atoms with E-state index < -0.39 is 29.5 Å². The van der Waals surface area contributed by atoms with Gasteiger partial charge in [-0.1, -0.05) is 12.1 Å². The number of hydrazine groups is 1. The topological polar surface area (TPSA) is 79.5 Å². The van der Waals surface area contributed by atoms with Gasteiger partial charge in [0.15, 0.2) is 0 Å². The van der Waals surface area contributed by atoms with Gasteiger partial charge in [-0.2, -0.15) is 13.2 Å². The van der Waals surface area contributed by atoms with Gasteiger partial charge in [-0.25, -0.2) is 20.4 Å². The first-order valence-electron chi connectivity index (χ1n) is 6.66. The maximum Gasteiger partial charge on any atom is 0.426 e. The van der Waals surface area contributed by atoms with Gasteiger partial charge in [0.05, 0.1) is 5.56 Å². The minimum Gasteiger partial charge on any atom is -0.443 e. The van der Waals surface area contributed by atoms with Crippen LogP contribution in [0.5, 0.6) is 0 Å². The number of urea groups is 1. The minimum absolute atomic E-state index is 0.0000308. The molecule has 3 amide bonds. The fraction of sp³-hybridized carbons (Fsp3) is 0.429. The van der Waals surface area contributed by atoms with E-state index in [0.717, 1.165) is 12.1 Å². The Morgan fingerprint density at radius 1 is 1.04 bits per heavy atom. The highest BCUT2D eigenvalue weighted by Crippen LogP contribution is 2.28. The third-order valence-corrected chi connectivity index (χ3v) is 2.41. The Labute approximate surface area is 131 Å². The molecule has 0 fully saturated rings. The summed E-state index contributed by atoms with van der Waals surface area (Å²) in [5.74, 6) is 0. The Morgan fingerprint density at radius 3 is 2.09 bits per heavy atom. The van der Waals surface area contributed by atoms with Gasteiger partial charge in [0.1, 0.15) is 5.60 Å². The Kier molecular flexibility index (Phi) is 5.83. The summed E-state index contributed by atoms with van der Waals surface area (Å²) in [5, 5.41) is 2.37. The summed E-state index contributed by atoms with van der Waals surface area (Å²) in [6.45, 7) is 4.99. The second-order valence-corrected chi connectivity index (χ2v) is 5.63. The summed E-state index contributed by atoms with van der Waals surface area (Å²) in [6, 6.07) is 3.63. The van der Waals surface area contributed by atoms with Gasteiger partial charge < -0.3 is 10.1 Å². The van der Waals surface area contributed by atoms with Crippen molar-refractivity contribution < 1.29 is 27.5 Å². The van der Waals surface area contributed by atoms with Crippen LogP contribution in [0.15, 0.2) is 24.3 Å². The van der Waals surface area contributed by atoms with Gasteiger partial charge in [-0.15, -0.1) is 0 Å². The highest BCUT2D eigenvalue weighted by atomic mass is 19.4. The first-order chi connectivity index (χ1) is 10.5. The maximum absolute atomic E-state index is 12.4. The molecule has 0 atom stereocenters. The fourth-order valence-electron chi connectivity index (χ4n) is 1.45. The van der Waals surface area contributed by atoms with Crippen molar-refractivity contribution >= 4 is 12.1 Å². The van der Waals surface area contributed by atoms with Crippen LogP contribution in [0.4, 0.5) is 22.8 Å². The van der Waals surface area contributed by atoms with Gasteiger partial charge in [-0.05, 0) is 38.5 Å². The highest BCUT2D eigenvalue weighted by Gasteiger charge is 2.29. The fourth-order valence-corrected chi connectivity index (χ4v) is 1.45. The lowest BCUT2D eigenvalue weighted by Crippen LogP contribution is -2.48. The van der Waals surface area contributed by atoms with Crippen LogP contribution in [0, 0.1) is 0 Å². The number of carbonyl (C=O) groups is 2. The number of amides is 3. The number of halogens is 3. The van der Waals surface area contributed by atoms with Gasteiger partial charge >= 0.3 is 18.3 Å². The lowest BCUT2D eigenvalue weighted by Gasteiger charge is -2.19. The predicted molar refractivity (Wildman–Crippen MR) is 76.2 cm³/mol. The van der Waals surface area contributed by atoms with Crippen molar-refractivity contribution in [2.24, 2.45) is 0 Å². The zero-order valence-corrected chi connectivity index (χ0v) is 12.9. The molecular weight excluding hydrogens is 315 g/mol. The van der Waals surface area contributed by atoms with Crippen LogP contribution < -0.4 is 16.2 Å².